The van der Waals surface area contributed by atoms with Crippen molar-refractivity contribution in [1.82, 2.24) is 10.2 Å². The van der Waals surface area contributed by atoms with Gasteiger partial charge in [-0.05, 0) is 12.1 Å². The molecule has 0 bridgehead atoms. The summed E-state index contributed by atoms with van der Waals surface area (Å²) in [6.45, 7) is 0.880. The Kier molecular flexibility index (Phi) is 5.99. The van der Waals surface area contributed by atoms with Gasteiger partial charge in [-0.2, -0.15) is 0 Å². The number of aliphatic carboxylic acids is 1. The fraction of sp³-hybridized carbons (Fsp3) is 0.444. The molecular formula is C18H20N2O8S. The molecule has 3 rings (SSSR count). The van der Waals surface area contributed by atoms with Gasteiger partial charge in [-0.25, -0.2) is 4.79 Å². The number of nitrogens with one attached hydrogen (secondary N) is 1. The zero-order valence-corrected chi connectivity index (χ0v) is 16.6. The molecule has 1 saturated heterocycles. The number of carboxylic acid groups (broad SMARTS) is 1. The fourth-order valence-electron chi connectivity index (χ4n) is 3.36. The highest BCUT2D eigenvalue weighted by Crippen LogP contribution is 2.46. The van der Waals surface area contributed by atoms with E-state index in [1.807, 2.05) is 0 Å². The third kappa shape index (κ3) is 3.87. The molecule has 1 aromatic heterocycles. The molecule has 0 unspecified atom stereocenters. The number of fused-ring (bicyclic) bond motifs is 1. The van der Waals surface area contributed by atoms with Crippen molar-refractivity contribution in [3.8, 4) is 0 Å². The van der Waals surface area contributed by atoms with E-state index in [0.29, 0.717) is 11.3 Å². The number of methoxy groups -OCH3 is 1. The number of β-lactam (4-membered cyclic amide) rings is 1. The number of carbonyl (C=O) groups is 4. The molecule has 0 radical (unpaired) electrons. The van der Waals surface area contributed by atoms with Gasteiger partial charge in [0.15, 0.2) is 5.54 Å². The number of carboxylic acids is 1. The number of hydrogen-bond acceptors (Lipinski definition) is 8. The number of nitrogens with zero attached hydrogens (tertiary/aromatic N) is 1. The Balaban J connectivity index is 1.84. The van der Waals surface area contributed by atoms with Crippen molar-refractivity contribution in [3.05, 3.63) is 35.4 Å². The molecule has 2 amide bonds. The molecule has 1 aromatic rings. The maximum atomic E-state index is 13.0. The van der Waals surface area contributed by atoms with E-state index >= 15 is 0 Å². The lowest BCUT2D eigenvalue weighted by Gasteiger charge is -2.56. The van der Waals surface area contributed by atoms with Gasteiger partial charge in [-0.1, -0.05) is 0 Å². The van der Waals surface area contributed by atoms with Crippen LogP contribution < -0.4 is 5.32 Å². The maximum absolute atomic E-state index is 13.0. The molecule has 0 aliphatic carbocycles. The van der Waals surface area contributed by atoms with E-state index in [9.17, 15) is 24.3 Å². The van der Waals surface area contributed by atoms with Gasteiger partial charge >= 0.3 is 11.9 Å². The summed E-state index contributed by atoms with van der Waals surface area (Å²) in [5.74, 6) is -2.24. The Hall–Kier alpha value is -2.79. The van der Waals surface area contributed by atoms with Crippen molar-refractivity contribution in [1.29, 1.82) is 0 Å². The average Bonchev–Trinajstić information content (AvgIpc) is 3.17. The highest BCUT2D eigenvalue weighted by atomic mass is 32.2. The number of thioether (sulfide) groups is 1. The van der Waals surface area contributed by atoms with Gasteiger partial charge in [-0.3, -0.25) is 19.3 Å². The van der Waals surface area contributed by atoms with Gasteiger partial charge in [0, 0.05) is 25.4 Å². The van der Waals surface area contributed by atoms with Crippen LogP contribution in [-0.2, 0) is 35.1 Å². The average molecular weight is 424 g/mol. The van der Waals surface area contributed by atoms with E-state index in [1.165, 1.54) is 32.1 Å². The summed E-state index contributed by atoms with van der Waals surface area (Å²) in [5.41, 5.74) is -1.31. The number of amides is 2. The predicted octanol–water partition coefficient (Wildman–Crippen LogP) is 0.140. The monoisotopic (exact) mass is 424 g/mol. The van der Waals surface area contributed by atoms with E-state index in [-0.39, 0.29) is 31.1 Å². The maximum Gasteiger partial charge on any atom is 0.352 e. The Morgan fingerprint density at radius 3 is 2.79 bits per heavy atom. The molecule has 1 fully saturated rings. The third-order valence-electron chi connectivity index (χ3n) is 4.55. The minimum atomic E-state index is -1.39. The lowest BCUT2D eigenvalue weighted by Crippen LogP contribution is -2.81. The number of ether oxygens (including phenoxy) is 2. The number of furan rings is 1. The Morgan fingerprint density at radius 1 is 1.45 bits per heavy atom. The number of rotatable bonds is 8. The summed E-state index contributed by atoms with van der Waals surface area (Å²) in [4.78, 5) is 49.5. The zero-order valence-electron chi connectivity index (χ0n) is 15.8. The molecule has 10 nitrogen and oxygen atoms in total. The number of esters is 1. The van der Waals surface area contributed by atoms with Crippen molar-refractivity contribution in [2.24, 2.45) is 0 Å². The molecule has 2 aliphatic rings. The molecule has 0 spiro atoms. The summed E-state index contributed by atoms with van der Waals surface area (Å²) in [7, 11) is 1.39. The second kappa shape index (κ2) is 8.29. The summed E-state index contributed by atoms with van der Waals surface area (Å²) >= 11 is 1.27. The van der Waals surface area contributed by atoms with Gasteiger partial charge in [0.05, 0.1) is 19.3 Å². The standard InChI is InChI=1S/C18H20N2O8S/c1-10(21)28-7-11-8-29-17-18(9-26-2,16(25)20(17)14(11)15(23)24)19-13(22)6-12-4-3-5-27-12/h3-5,17H,6-9H2,1-2H3,(H,19,22)(H,23,24)/t17-,18-/m1/s1. The lowest BCUT2D eigenvalue weighted by molar-refractivity contribution is -0.163. The van der Waals surface area contributed by atoms with Gasteiger partial charge in [-0.15, -0.1) is 11.8 Å². The van der Waals surface area contributed by atoms with Crippen LogP contribution in [0.3, 0.4) is 0 Å². The zero-order chi connectivity index (χ0) is 21.2. The number of carbonyl (C=O) groups excluding carboxylic acids is 3. The minimum Gasteiger partial charge on any atom is -0.477 e. The first-order valence-corrected chi connectivity index (χ1v) is 9.71. The summed E-state index contributed by atoms with van der Waals surface area (Å²) in [5, 5.41) is 11.7. The van der Waals surface area contributed by atoms with E-state index in [4.69, 9.17) is 13.9 Å². The fourth-order valence-corrected chi connectivity index (χ4v) is 4.81. The highest BCUT2D eigenvalue weighted by Gasteiger charge is 2.65. The van der Waals surface area contributed by atoms with E-state index < -0.39 is 34.7 Å². The summed E-state index contributed by atoms with van der Waals surface area (Å²) < 4.78 is 15.2. The van der Waals surface area contributed by atoms with Crippen LogP contribution in [0.25, 0.3) is 0 Å². The smallest absolute Gasteiger partial charge is 0.352 e. The topological polar surface area (TPSA) is 135 Å². The van der Waals surface area contributed by atoms with E-state index in [2.05, 4.69) is 5.32 Å². The van der Waals surface area contributed by atoms with Crippen LogP contribution in [-0.4, -0.2) is 70.7 Å². The van der Waals surface area contributed by atoms with Crippen LogP contribution in [0.15, 0.2) is 34.1 Å². The highest BCUT2D eigenvalue weighted by molar-refractivity contribution is 8.00. The van der Waals surface area contributed by atoms with Crippen molar-refractivity contribution < 1.29 is 38.2 Å². The van der Waals surface area contributed by atoms with Crippen LogP contribution >= 0.6 is 11.8 Å². The molecule has 3 heterocycles. The SMILES string of the molecule is COC[C@@]1(NC(=O)Cc2ccco2)C(=O)N2C(C(=O)O)=C(COC(C)=O)CS[C@@H]21. The Bertz CT molecular complexity index is 865. The first-order valence-electron chi connectivity index (χ1n) is 8.66. The predicted molar refractivity (Wildman–Crippen MR) is 99.5 cm³/mol. The first kappa shape index (κ1) is 20.9. The van der Waals surface area contributed by atoms with Gasteiger partial charge in [0.25, 0.3) is 5.91 Å². The number of hydrogen-bond donors (Lipinski definition) is 2. The molecule has 0 saturated carbocycles. The second-order valence-electron chi connectivity index (χ2n) is 6.58. The lowest BCUT2D eigenvalue weighted by atomic mass is 9.86. The van der Waals surface area contributed by atoms with Gasteiger partial charge in [0.2, 0.25) is 5.91 Å². The largest absolute Gasteiger partial charge is 0.477 e. The van der Waals surface area contributed by atoms with Crippen molar-refractivity contribution in [2.75, 3.05) is 26.1 Å². The molecule has 156 valence electrons. The molecule has 11 heteroatoms. The molecule has 2 N–H and O–H groups in total. The van der Waals surface area contributed by atoms with Crippen molar-refractivity contribution >= 4 is 35.5 Å². The summed E-state index contributed by atoms with van der Waals surface area (Å²) in [6, 6.07) is 3.29. The van der Waals surface area contributed by atoms with Crippen LogP contribution in [0.1, 0.15) is 12.7 Å². The molecule has 2 aliphatic heterocycles. The van der Waals surface area contributed by atoms with Gasteiger partial charge in [0.1, 0.15) is 23.4 Å². The van der Waals surface area contributed by atoms with Crippen molar-refractivity contribution in [2.45, 2.75) is 24.3 Å². The van der Waals surface area contributed by atoms with E-state index in [1.54, 1.807) is 12.1 Å². The van der Waals surface area contributed by atoms with Gasteiger partial charge < -0.3 is 24.3 Å². The Morgan fingerprint density at radius 2 is 2.21 bits per heavy atom. The van der Waals surface area contributed by atoms with Crippen LogP contribution in [0.5, 0.6) is 0 Å². The van der Waals surface area contributed by atoms with Crippen molar-refractivity contribution in [3.63, 3.8) is 0 Å². The van der Waals surface area contributed by atoms with Crippen LogP contribution in [0.2, 0.25) is 0 Å². The summed E-state index contributed by atoms with van der Waals surface area (Å²) in [6.07, 6.45) is 1.37. The first-order chi connectivity index (χ1) is 13.8. The minimum absolute atomic E-state index is 0.0670. The van der Waals surface area contributed by atoms with Crippen LogP contribution in [0.4, 0.5) is 0 Å². The quantitative estimate of drug-likeness (QED) is 0.441. The Labute approximate surface area is 170 Å². The van der Waals surface area contributed by atoms with E-state index in [0.717, 1.165) is 4.90 Å². The van der Waals surface area contributed by atoms with Crippen LogP contribution in [0, 0.1) is 0 Å². The third-order valence-corrected chi connectivity index (χ3v) is 5.99. The molecule has 2 atom stereocenters. The second-order valence-corrected chi connectivity index (χ2v) is 7.65. The molecular weight excluding hydrogens is 404 g/mol. The molecule has 0 aromatic carbocycles. The molecule has 29 heavy (non-hydrogen) atoms. The normalized spacial score (nSPS) is 23.3.